The third kappa shape index (κ3) is 3.07. The number of halogens is 1. The Kier molecular flexibility index (Phi) is 3.92. The zero-order valence-corrected chi connectivity index (χ0v) is 16.4. The van der Waals surface area contributed by atoms with Gasteiger partial charge in [-0.3, -0.25) is 14.7 Å². The van der Waals surface area contributed by atoms with Crippen LogP contribution in [-0.4, -0.2) is 30.6 Å². The van der Waals surface area contributed by atoms with Crippen LogP contribution in [0.2, 0.25) is 0 Å². The number of fused-ring (bicyclic) bond motifs is 1. The van der Waals surface area contributed by atoms with Crippen molar-refractivity contribution in [2.75, 3.05) is 4.90 Å². The fraction of sp³-hybridized carbons (Fsp3) is 0.174. The van der Waals surface area contributed by atoms with Crippen molar-refractivity contribution in [1.29, 1.82) is 0 Å². The van der Waals surface area contributed by atoms with Crippen molar-refractivity contribution >= 4 is 11.7 Å². The van der Waals surface area contributed by atoms with E-state index in [9.17, 15) is 9.18 Å². The molecular formula is C23H17FN6O. The van der Waals surface area contributed by atoms with Crippen molar-refractivity contribution < 1.29 is 9.18 Å². The van der Waals surface area contributed by atoms with E-state index in [1.165, 1.54) is 6.07 Å². The molecule has 7 nitrogen and oxygen atoms in total. The van der Waals surface area contributed by atoms with Gasteiger partial charge in [0.2, 0.25) is 0 Å². The van der Waals surface area contributed by atoms with Gasteiger partial charge in [0.25, 0.3) is 5.91 Å². The van der Waals surface area contributed by atoms with E-state index in [0.29, 0.717) is 35.2 Å². The van der Waals surface area contributed by atoms with Crippen LogP contribution in [0.5, 0.6) is 0 Å². The van der Waals surface area contributed by atoms with Crippen LogP contribution < -0.4 is 4.90 Å². The third-order valence-electron chi connectivity index (χ3n) is 5.71. The van der Waals surface area contributed by atoms with Crippen molar-refractivity contribution in [1.82, 2.24) is 24.7 Å². The van der Waals surface area contributed by atoms with Crippen molar-refractivity contribution in [2.45, 2.75) is 25.4 Å². The Morgan fingerprint density at radius 1 is 1.03 bits per heavy atom. The van der Waals surface area contributed by atoms with Crippen LogP contribution in [0.1, 0.15) is 34.8 Å². The Morgan fingerprint density at radius 2 is 1.94 bits per heavy atom. The van der Waals surface area contributed by atoms with E-state index in [-0.39, 0.29) is 5.91 Å². The van der Waals surface area contributed by atoms with Crippen LogP contribution in [-0.2, 0) is 6.54 Å². The molecule has 1 amide bonds. The maximum atomic E-state index is 13.6. The SMILES string of the molecule is O=C1c2cc(-c3cncc(F)c3)ccc2CN1c1cccc(-c2nncn2C2CC2)n1. The summed E-state index contributed by atoms with van der Waals surface area (Å²) in [5.74, 6) is 0.743. The van der Waals surface area contributed by atoms with E-state index in [2.05, 4.69) is 15.2 Å². The number of amides is 1. The van der Waals surface area contributed by atoms with Gasteiger partial charge in [0.05, 0.1) is 12.7 Å². The minimum absolute atomic E-state index is 0.130. The number of hydrogen-bond donors (Lipinski definition) is 0. The van der Waals surface area contributed by atoms with Crippen LogP contribution in [0.25, 0.3) is 22.6 Å². The maximum absolute atomic E-state index is 13.6. The summed E-state index contributed by atoms with van der Waals surface area (Å²) in [5, 5.41) is 8.28. The zero-order chi connectivity index (χ0) is 20.9. The molecule has 1 aliphatic heterocycles. The molecule has 0 spiro atoms. The van der Waals surface area contributed by atoms with Gasteiger partial charge in [0, 0.05) is 23.4 Å². The first kappa shape index (κ1) is 17.9. The average Bonchev–Trinajstić information content (AvgIpc) is 3.43. The fourth-order valence-corrected chi connectivity index (χ4v) is 3.98. The van der Waals surface area contributed by atoms with Gasteiger partial charge < -0.3 is 4.57 Å². The monoisotopic (exact) mass is 412 g/mol. The second-order valence-corrected chi connectivity index (χ2v) is 7.83. The number of nitrogens with zero attached hydrogens (tertiary/aromatic N) is 6. The molecule has 0 bridgehead atoms. The summed E-state index contributed by atoms with van der Waals surface area (Å²) in [6.45, 7) is 0.432. The average molecular weight is 412 g/mol. The number of carbonyl (C=O) groups is 1. The van der Waals surface area contributed by atoms with Crippen LogP contribution in [0.3, 0.4) is 0 Å². The van der Waals surface area contributed by atoms with Crippen LogP contribution >= 0.6 is 0 Å². The highest BCUT2D eigenvalue weighted by molar-refractivity contribution is 6.10. The lowest BCUT2D eigenvalue weighted by Gasteiger charge is -2.15. The highest BCUT2D eigenvalue weighted by atomic mass is 19.1. The molecule has 31 heavy (non-hydrogen) atoms. The number of aromatic nitrogens is 5. The molecule has 0 N–H and O–H groups in total. The molecule has 4 aromatic rings. The predicted octanol–water partition coefficient (Wildman–Crippen LogP) is 4.04. The Morgan fingerprint density at radius 3 is 2.77 bits per heavy atom. The number of benzene rings is 1. The normalized spacial score (nSPS) is 15.4. The molecule has 8 heteroatoms. The van der Waals surface area contributed by atoms with Gasteiger partial charge >= 0.3 is 0 Å². The van der Waals surface area contributed by atoms with Crippen LogP contribution in [0, 0.1) is 5.82 Å². The lowest BCUT2D eigenvalue weighted by Crippen LogP contribution is -2.24. The summed E-state index contributed by atoms with van der Waals surface area (Å²) >= 11 is 0. The molecule has 6 rings (SSSR count). The summed E-state index contributed by atoms with van der Waals surface area (Å²) in [6.07, 6.45) is 6.72. The van der Waals surface area contributed by atoms with Crippen LogP contribution in [0.4, 0.5) is 10.2 Å². The second-order valence-electron chi connectivity index (χ2n) is 7.83. The molecule has 1 aromatic carbocycles. The first-order valence-electron chi connectivity index (χ1n) is 10.1. The lowest BCUT2D eigenvalue weighted by molar-refractivity contribution is 0.0996. The van der Waals surface area contributed by atoms with E-state index < -0.39 is 5.82 Å². The van der Waals surface area contributed by atoms with Crippen molar-refractivity contribution in [3.63, 3.8) is 0 Å². The number of rotatable bonds is 4. The number of carbonyl (C=O) groups excluding carboxylic acids is 1. The Labute approximate surface area is 177 Å². The number of anilines is 1. The molecule has 152 valence electrons. The first-order valence-corrected chi connectivity index (χ1v) is 10.1. The van der Waals surface area contributed by atoms with Crippen LogP contribution in [0.15, 0.2) is 61.2 Å². The molecule has 3 aromatic heterocycles. The largest absolute Gasteiger partial charge is 0.309 e. The van der Waals surface area contributed by atoms with Gasteiger partial charge in [-0.1, -0.05) is 18.2 Å². The van der Waals surface area contributed by atoms with E-state index in [1.54, 1.807) is 23.5 Å². The van der Waals surface area contributed by atoms with Crippen molar-refractivity contribution in [3.8, 4) is 22.6 Å². The first-order chi connectivity index (χ1) is 15.2. The van der Waals surface area contributed by atoms with Gasteiger partial charge in [-0.25, -0.2) is 9.37 Å². The van der Waals surface area contributed by atoms with Gasteiger partial charge in [-0.2, -0.15) is 0 Å². The van der Waals surface area contributed by atoms with E-state index in [1.807, 2.05) is 34.9 Å². The Balaban J connectivity index is 1.33. The van der Waals surface area contributed by atoms with Gasteiger partial charge in [0.1, 0.15) is 23.7 Å². The second kappa shape index (κ2) is 6.80. The molecule has 2 aliphatic rings. The minimum Gasteiger partial charge on any atom is -0.309 e. The maximum Gasteiger partial charge on any atom is 0.260 e. The smallest absolute Gasteiger partial charge is 0.260 e. The van der Waals surface area contributed by atoms with E-state index in [4.69, 9.17) is 4.98 Å². The van der Waals surface area contributed by atoms with Gasteiger partial charge in [0.15, 0.2) is 5.82 Å². The highest BCUT2D eigenvalue weighted by Gasteiger charge is 2.31. The quantitative estimate of drug-likeness (QED) is 0.506. The molecule has 1 saturated carbocycles. The van der Waals surface area contributed by atoms with E-state index >= 15 is 0 Å². The topological polar surface area (TPSA) is 76.8 Å². The predicted molar refractivity (Wildman–Crippen MR) is 112 cm³/mol. The van der Waals surface area contributed by atoms with Crippen molar-refractivity contribution in [2.24, 2.45) is 0 Å². The molecular weight excluding hydrogens is 395 g/mol. The molecule has 0 saturated heterocycles. The summed E-state index contributed by atoms with van der Waals surface area (Å²) < 4.78 is 15.6. The summed E-state index contributed by atoms with van der Waals surface area (Å²) in [7, 11) is 0. The fourth-order valence-electron chi connectivity index (χ4n) is 3.98. The zero-order valence-electron chi connectivity index (χ0n) is 16.4. The van der Waals surface area contributed by atoms with E-state index in [0.717, 1.165) is 36.0 Å². The Hall–Kier alpha value is -3.94. The number of hydrogen-bond acceptors (Lipinski definition) is 5. The summed E-state index contributed by atoms with van der Waals surface area (Å²) in [4.78, 5) is 23.5. The van der Waals surface area contributed by atoms with Gasteiger partial charge in [-0.15, -0.1) is 10.2 Å². The molecule has 1 fully saturated rings. The Bertz CT molecular complexity index is 1330. The molecule has 4 heterocycles. The standard InChI is InChI=1S/C23H17FN6O/c24-17-8-16(10-25-11-17)14-4-5-15-12-29(23(31)19(15)9-14)21-3-1-2-20(27-21)22-28-26-13-30(22)18-6-7-18/h1-5,8-11,13,18H,6-7,12H2. The minimum atomic E-state index is -0.411. The lowest BCUT2D eigenvalue weighted by atomic mass is 10.0. The molecule has 0 unspecified atom stereocenters. The molecule has 0 atom stereocenters. The summed E-state index contributed by atoms with van der Waals surface area (Å²) in [6, 6.07) is 13.0. The number of pyridine rings is 2. The summed E-state index contributed by atoms with van der Waals surface area (Å²) in [5.41, 5.74) is 3.58. The van der Waals surface area contributed by atoms with Gasteiger partial charge in [-0.05, 0) is 48.2 Å². The highest BCUT2D eigenvalue weighted by Crippen LogP contribution is 2.37. The molecule has 1 aliphatic carbocycles. The third-order valence-corrected chi connectivity index (χ3v) is 5.71. The molecule has 0 radical (unpaired) electrons. The van der Waals surface area contributed by atoms with Crippen molar-refractivity contribution in [3.05, 3.63) is 78.1 Å².